The van der Waals surface area contributed by atoms with Crippen LogP contribution in [-0.4, -0.2) is 61.2 Å². The van der Waals surface area contributed by atoms with E-state index in [1.54, 1.807) is 0 Å². The van der Waals surface area contributed by atoms with Crippen molar-refractivity contribution in [2.75, 3.05) is 51.6 Å². The molecule has 1 aromatic carbocycles. The van der Waals surface area contributed by atoms with Gasteiger partial charge in [-0.1, -0.05) is 17.7 Å². The van der Waals surface area contributed by atoms with Crippen molar-refractivity contribution in [1.82, 2.24) is 15.1 Å². The molecule has 2 N–H and O–H groups in total. The molecule has 1 aliphatic rings. The largest absolute Gasteiger partial charge is 0.362 e. The molecule has 1 heterocycles. The first kappa shape index (κ1) is 16.2. The zero-order chi connectivity index (χ0) is 15.1. The van der Waals surface area contributed by atoms with Crippen molar-refractivity contribution in [3.63, 3.8) is 0 Å². The average molecular weight is 306 g/mol. The third-order valence-corrected chi connectivity index (χ3v) is 4.09. The minimum Gasteiger partial charge on any atom is -0.362 e. The van der Waals surface area contributed by atoms with Gasteiger partial charge >= 0.3 is 0 Å². The second kappa shape index (κ2) is 8.32. The lowest BCUT2D eigenvalue weighted by molar-refractivity contribution is 0.153. The molecule has 0 bridgehead atoms. The van der Waals surface area contributed by atoms with Crippen LogP contribution < -0.4 is 10.6 Å². The van der Waals surface area contributed by atoms with Crippen LogP contribution in [0, 0.1) is 6.92 Å². The second-order valence-electron chi connectivity index (χ2n) is 5.75. The molecule has 0 radical (unpaired) electrons. The van der Waals surface area contributed by atoms with E-state index in [1.807, 2.05) is 12.1 Å². The fraction of sp³-hybridized carbons (Fsp3) is 0.562. The second-order valence-corrected chi connectivity index (χ2v) is 6.15. The lowest BCUT2D eigenvalue weighted by atomic mass is 10.2. The van der Waals surface area contributed by atoms with Crippen LogP contribution in [0.4, 0.5) is 5.69 Å². The number of hydrogen-bond donors (Lipinski definition) is 2. The fourth-order valence-corrected chi connectivity index (χ4v) is 2.61. The van der Waals surface area contributed by atoms with Crippen LogP contribution in [0.3, 0.4) is 0 Å². The van der Waals surface area contributed by atoms with E-state index >= 15 is 0 Å². The number of rotatable bonds is 5. The summed E-state index contributed by atoms with van der Waals surface area (Å²) in [5.74, 6) is 0. The summed E-state index contributed by atoms with van der Waals surface area (Å²) in [6, 6.07) is 8.26. The summed E-state index contributed by atoms with van der Waals surface area (Å²) in [6.45, 7) is 8.88. The van der Waals surface area contributed by atoms with Crippen LogP contribution in [0.1, 0.15) is 12.0 Å². The van der Waals surface area contributed by atoms with Crippen LogP contribution >= 0.6 is 12.2 Å². The van der Waals surface area contributed by atoms with E-state index < -0.39 is 0 Å². The predicted octanol–water partition coefficient (Wildman–Crippen LogP) is 1.92. The van der Waals surface area contributed by atoms with Crippen LogP contribution in [-0.2, 0) is 0 Å². The number of piperazine rings is 1. The highest BCUT2D eigenvalue weighted by Gasteiger charge is 2.12. The van der Waals surface area contributed by atoms with E-state index in [0.717, 1.165) is 25.2 Å². The highest BCUT2D eigenvalue weighted by atomic mass is 32.1. The third kappa shape index (κ3) is 5.99. The van der Waals surface area contributed by atoms with Gasteiger partial charge in [-0.2, -0.15) is 0 Å². The molecule has 4 nitrogen and oxygen atoms in total. The van der Waals surface area contributed by atoms with Crippen LogP contribution in [0.5, 0.6) is 0 Å². The molecule has 0 saturated carbocycles. The molecule has 0 spiro atoms. The van der Waals surface area contributed by atoms with E-state index in [1.165, 1.54) is 31.7 Å². The van der Waals surface area contributed by atoms with Gasteiger partial charge in [0.05, 0.1) is 0 Å². The highest BCUT2D eigenvalue weighted by Crippen LogP contribution is 2.08. The maximum absolute atomic E-state index is 5.31. The Balaban J connectivity index is 1.58. The standard InChI is InChI=1S/C16H26N4S/c1-14-4-6-15(7-5-14)18-16(21)17-8-3-9-20-12-10-19(2)11-13-20/h4-7H,3,8-13H2,1-2H3,(H2,17,18,21). The van der Waals surface area contributed by atoms with Gasteiger partial charge in [0.25, 0.3) is 0 Å². The van der Waals surface area contributed by atoms with Gasteiger partial charge in [-0.15, -0.1) is 0 Å². The molecule has 1 saturated heterocycles. The monoisotopic (exact) mass is 306 g/mol. The smallest absolute Gasteiger partial charge is 0.170 e. The van der Waals surface area contributed by atoms with E-state index in [-0.39, 0.29) is 0 Å². The Morgan fingerprint density at radius 2 is 1.81 bits per heavy atom. The maximum atomic E-state index is 5.31. The number of nitrogens with zero attached hydrogens (tertiary/aromatic N) is 2. The number of anilines is 1. The van der Waals surface area contributed by atoms with Crippen molar-refractivity contribution in [2.24, 2.45) is 0 Å². The Bertz CT molecular complexity index is 438. The summed E-state index contributed by atoms with van der Waals surface area (Å²) in [5.41, 5.74) is 2.30. The zero-order valence-electron chi connectivity index (χ0n) is 13.1. The summed E-state index contributed by atoms with van der Waals surface area (Å²) >= 11 is 5.31. The lowest BCUT2D eigenvalue weighted by Crippen LogP contribution is -2.45. The molecular formula is C16H26N4S. The Labute approximate surface area is 133 Å². The summed E-state index contributed by atoms with van der Waals surface area (Å²) in [5, 5.41) is 7.20. The van der Waals surface area contributed by atoms with Gasteiger partial charge in [-0.25, -0.2) is 0 Å². The van der Waals surface area contributed by atoms with Gasteiger partial charge in [0.2, 0.25) is 0 Å². The molecule has 116 valence electrons. The molecule has 0 amide bonds. The lowest BCUT2D eigenvalue weighted by Gasteiger charge is -2.32. The van der Waals surface area contributed by atoms with Gasteiger partial charge in [-0.3, -0.25) is 0 Å². The first-order valence-corrected chi connectivity index (χ1v) is 8.07. The molecular weight excluding hydrogens is 280 g/mol. The Hall–Kier alpha value is -1.17. The van der Waals surface area contributed by atoms with Crippen molar-refractivity contribution in [3.05, 3.63) is 29.8 Å². The number of likely N-dealkylation sites (N-methyl/N-ethyl adjacent to an activating group) is 1. The predicted molar refractivity (Wildman–Crippen MR) is 94.0 cm³/mol. The molecule has 5 heteroatoms. The number of nitrogens with one attached hydrogen (secondary N) is 2. The van der Waals surface area contributed by atoms with Gasteiger partial charge < -0.3 is 20.4 Å². The maximum Gasteiger partial charge on any atom is 0.170 e. The van der Waals surface area contributed by atoms with Gasteiger partial charge in [-0.05, 0) is 51.3 Å². The molecule has 1 aromatic rings. The van der Waals surface area contributed by atoms with E-state index in [0.29, 0.717) is 5.11 Å². The van der Waals surface area contributed by atoms with Crippen molar-refractivity contribution >= 4 is 23.0 Å². The number of hydrogen-bond acceptors (Lipinski definition) is 3. The summed E-state index contributed by atoms with van der Waals surface area (Å²) in [4.78, 5) is 4.91. The number of benzene rings is 1. The van der Waals surface area contributed by atoms with E-state index in [4.69, 9.17) is 12.2 Å². The molecule has 1 aliphatic heterocycles. The molecule has 0 atom stereocenters. The minimum atomic E-state index is 0.706. The molecule has 1 fully saturated rings. The first-order chi connectivity index (χ1) is 10.1. The highest BCUT2D eigenvalue weighted by molar-refractivity contribution is 7.80. The SMILES string of the molecule is Cc1ccc(NC(=S)NCCCN2CCN(C)CC2)cc1. The van der Waals surface area contributed by atoms with Crippen LogP contribution in [0.2, 0.25) is 0 Å². The van der Waals surface area contributed by atoms with Gasteiger partial charge in [0.1, 0.15) is 0 Å². The van der Waals surface area contributed by atoms with Crippen molar-refractivity contribution in [1.29, 1.82) is 0 Å². The zero-order valence-corrected chi connectivity index (χ0v) is 13.9. The summed E-state index contributed by atoms with van der Waals surface area (Å²) in [6.07, 6.45) is 1.12. The van der Waals surface area contributed by atoms with Crippen LogP contribution in [0.15, 0.2) is 24.3 Å². The topological polar surface area (TPSA) is 30.5 Å². The van der Waals surface area contributed by atoms with Crippen molar-refractivity contribution < 1.29 is 0 Å². The Morgan fingerprint density at radius 3 is 2.48 bits per heavy atom. The van der Waals surface area contributed by atoms with Crippen molar-refractivity contribution in [2.45, 2.75) is 13.3 Å². The molecule has 0 unspecified atom stereocenters. The molecule has 0 aromatic heterocycles. The molecule has 0 aliphatic carbocycles. The summed E-state index contributed by atoms with van der Waals surface area (Å²) in [7, 11) is 2.19. The molecule has 21 heavy (non-hydrogen) atoms. The van der Waals surface area contributed by atoms with Gasteiger partial charge in [0, 0.05) is 38.4 Å². The Kier molecular flexibility index (Phi) is 6.42. The number of thiocarbonyl (C=S) groups is 1. The van der Waals surface area contributed by atoms with Crippen LogP contribution in [0.25, 0.3) is 0 Å². The average Bonchev–Trinajstić information content (AvgIpc) is 2.48. The van der Waals surface area contributed by atoms with E-state index in [9.17, 15) is 0 Å². The quantitative estimate of drug-likeness (QED) is 0.641. The molecule has 2 rings (SSSR count). The Morgan fingerprint density at radius 1 is 1.14 bits per heavy atom. The van der Waals surface area contributed by atoms with Crippen molar-refractivity contribution in [3.8, 4) is 0 Å². The fourth-order valence-electron chi connectivity index (χ4n) is 2.39. The van der Waals surface area contributed by atoms with Gasteiger partial charge in [0.15, 0.2) is 5.11 Å². The normalized spacial score (nSPS) is 16.7. The minimum absolute atomic E-state index is 0.706. The third-order valence-electron chi connectivity index (χ3n) is 3.84. The van der Waals surface area contributed by atoms with E-state index in [2.05, 4.69) is 46.5 Å². The first-order valence-electron chi connectivity index (χ1n) is 7.66. The number of aryl methyl sites for hydroxylation is 1. The summed E-state index contributed by atoms with van der Waals surface area (Å²) < 4.78 is 0.